The first kappa shape index (κ1) is 36.6. The van der Waals surface area contributed by atoms with Gasteiger partial charge in [0.1, 0.15) is 0 Å². The van der Waals surface area contributed by atoms with Crippen molar-refractivity contribution in [2.45, 2.75) is 128 Å². The van der Waals surface area contributed by atoms with Crippen LogP contribution < -0.4 is 0 Å². The molecule has 0 saturated carbocycles. The van der Waals surface area contributed by atoms with Gasteiger partial charge in [-0.25, -0.2) is 0 Å². The average molecular weight is 706 g/mol. The Kier molecular flexibility index (Phi) is 9.43. The van der Waals surface area contributed by atoms with E-state index < -0.39 is 60.3 Å². The zero-order valence-corrected chi connectivity index (χ0v) is 38.6. The summed E-state index contributed by atoms with van der Waals surface area (Å²) in [6.07, 6.45) is 0. The summed E-state index contributed by atoms with van der Waals surface area (Å²) in [4.78, 5) is 0. The van der Waals surface area contributed by atoms with E-state index in [1.54, 1.807) is 0 Å². The van der Waals surface area contributed by atoms with Crippen molar-refractivity contribution >= 4 is 60.3 Å². The lowest BCUT2D eigenvalue weighted by Crippen LogP contribution is -3.17. The van der Waals surface area contributed by atoms with Gasteiger partial charge in [-0.15, -0.1) is 0 Å². The van der Waals surface area contributed by atoms with Gasteiger partial charge < -0.3 is 8.85 Å². The third kappa shape index (κ3) is 4.88. The highest BCUT2D eigenvalue weighted by atomic mass is 30.2. The topological polar surface area (TPSA) is 18.5 Å². The third-order valence-corrected chi connectivity index (χ3v) is 139. The molecule has 0 spiro atoms. The molecule has 0 radical (unpaired) electrons. The molecule has 1 aliphatic rings. The first-order chi connectivity index (χ1) is 18.6. The predicted octanol–water partition coefficient (Wildman–Crippen LogP) is 10.2. The van der Waals surface area contributed by atoms with Crippen LogP contribution in [0.5, 0.6) is 0 Å². The van der Waals surface area contributed by atoms with E-state index in [4.69, 9.17) is 8.85 Å². The van der Waals surface area contributed by atoms with Crippen molar-refractivity contribution in [2.75, 3.05) is 0 Å². The van der Waals surface area contributed by atoms with Crippen molar-refractivity contribution in [3.8, 4) is 0 Å². The van der Waals surface area contributed by atoms with Crippen LogP contribution in [0, 0.1) is 0 Å². The van der Waals surface area contributed by atoms with Crippen LogP contribution in [0.3, 0.4) is 0 Å². The van der Waals surface area contributed by atoms with Gasteiger partial charge >= 0.3 is 0 Å². The van der Waals surface area contributed by atoms with Gasteiger partial charge in [-0.3, -0.25) is 0 Å². The maximum atomic E-state index is 8.32. The second-order valence-corrected chi connectivity index (χ2v) is 90.8. The second kappa shape index (κ2) is 10.8. The monoisotopic (exact) mass is 704 g/mol. The van der Waals surface area contributed by atoms with Crippen LogP contribution in [0.25, 0.3) is 0 Å². The molecule has 2 aromatic rings. The van der Waals surface area contributed by atoms with Crippen LogP contribution in [0.15, 0.2) is 60.7 Å². The van der Waals surface area contributed by atoms with E-state index >= 15 is 0 Å². The van der Waals surface area contributed by atoms with Crippen molar-refractivity contribution in [3.63, 3.8) is 0 Å². The molecule has 0 aromatic heterocycles. The molecule has 0 N–H and O–H groups in total. The van der Waals surface area contributed by atoms with E-state index in [0.29, 0.717) is 0 Å². The Hall–Kier alpha value is 0.0951. The molecule has 2 unspecified atom stereocenters. The fourth-order valence-corrected chi connectivity index (χ4v) is 255. The minimum atomic E-state index is -2.29. The number of benzene rings is 2. The first-order valence-corrected chi connectivity index (χ1v) is 46.0. The molecule has 0 amide bonds. The van der Waals surface area contributed by atoms with Crippen molar-refractivity contribution in [1.29, 1.82) is 0 Å². The molecule has 10 heteroatoms. The summed E-state index contributed by atoms with van der Waals surface area (Å²) in [5.74, 6) is 0. The fraction of sp³-hybridized carbons (Fsp3) is 0.625. The number of rotatable bonds is 10. The van der Waals surface area contributed by atoms with Gasteiger partial charge in [-0.1, -0.05) is 139 Å². The average Bonchev–Trinajstić information content (AvgIpc) is 2.75. The normalized spacial score (nSPS) is 25.2. The SMILES string of the molecule is C[Si](C)(C)OC1(c2ccccc2)C(O[Si](C)(C)C)(c2ccccc2)[Si]([Si](C)(C)C)([Si](C)(C)C)[Si]1([Si](C)(C)C)[Si](C)(C)C. The van der Waals surface area contributed by atoms with E-state index in [-0.39, 0.29) is 10.4 Å². The summed E-state index contributed by atoms with van der Waals surface area (Å²) < 4.78 is 16.6. The lowest BCUT2D eigenvalue weighted by molar-refractivity contribution is -0.0508. The molecule has 2 aromatic carbocycles. The Bertz CT molecular complexity index is 1120. The molecule has 0 aliphatic carbocycles. The molecule has 3 rings (SSSR count). The lowest BCUT2D eigenvalue weighted by atomic mass is 9.96. The van der Waals surface area contributed by atoms with E-state index in [2.05, 4.69) is 179 Å². The Morgan fingerprint density at radius 2 is 0.595 bits per heavy atom. The first-order valence-electron chi connectivity index (χ1n) is 16.1. The highest BCUT2D eigenvalue weighted by Crippen LogP contribution is 2.76. The highest BCUT2D eigenvalue weighted by molar-refractivity contribution is 8.11. The van der Waals surface area contributed by atoms with Crippen molar-refractivity contribution in [2.24, 2.45) is 0 Å². The van der Waals surface area contributed by atoms with Crippen molar-refractivity contribution < 1.29 is 8.85 Å². The third-order valence-electron chi connectivity index (χ3n) is 9.89. The predicted molar refractivity (Wildman–Crippen MR) is 210 cm³/mol. The van der Waals surface area contributed by atoms with Gasteiger partial charge in [0.25, 0.3) is 0 Å². The molecular weight excluding hydrogens is 641 g/mol. The van der Waals surface area contributed by atoms with Gasteiger partial charge in [0.05, 0.1) is 23.7 Å². The molecule has 1 fully saturated rings. The van der Waals surface area contributed by atoms with Gasteiger partial charge in [-0.05, 0) is 50.4 Å². The van der Waals surface area contributed by atoms with E-state index in [0.717, 1.165) is 0 Å². The number of hydrogen-bond donors (Lipinski definition) is 0. The Morgan fingerprint density at radius 1 is 0.381 bits per heavy atom. The Morgan fingerprint density at radius 3 is 0.762 bits per heavy atom. The molecule has 1 saturated heterocycles. The smallest absolute Gasteiger partial charge is 0.184 e. The van der Waals surface area contributed by atoms with Crippen LogP contribution in [0.1, 0.15) is 11.1 Å². The van der Waals surface area contributed by atoms with E-state index in [1.165, 1.54) is 11.1 Å². The van der Waals surface area contributed by atoms with Crippen LogP contribution in [0.4, 0.5) is 0 Å². The van der Waals surface area contributed by atoms with Crippen molar-refractivity contribution in [1.82, 2.24) is 0 Å². The Labute approximate surface area is 267 Å². The Balaban J connectivity index is 3.00. The van der Waals surface area contributed by atoms with E-state index in [1.807, 2.05) is 0 Å². The summed E-state index contributed by atoms with van der Waals surface area (Å²) in [6.45, 7) is 43.8. The van der Waals surface area contributed by atoms with Crippen molar-refractivity contribution in [3.05, 3.63) is 71.8 Å². The molecule has 1 aliphatic heterocycles. The van der Waals surface area contributed by atoms with Crippen LogP contribution >= 0.6 is 0 Å². The zero-order chi connectivity index (χ0) is 32.6. The lowest BCUT2D eigenvalue weighted by Gasteiger charge is -2.90. The summed E-state index contributed by atoms with van der Waals surface area (Å²) in [6, 6.07) is 23.5. The molecule has 0 bridgehead atoms. The van der Waals surface area contributed by atoms with Crippen LogP contribution in [-0.2, 0) is 19.3 Å². The summed E-state index contributed by atoms with van der Waals surface area (Å²) in [7, 11) is -11.7. The van der Waals surface area contributed by atoms with Crippen LogP contribution in [-0.4, -0.2) is 60.3 Å². The number of hydrogen-bond acceptors (Lipinski definition) is 2. The van der Waals surface area contributed by atoms with Gasteiger partial charge in [-0.2, -0.15) is 0 Å². The minimum Gasteiger partial charge on any atom is -0.409 e. The largest absolute Gasteiger partial charge is 0.409 e. The maximum Gasteiger partial charge on any atom is 0.184 e. The minimum absolute atomic E-state index is 0.380. The van der Waals surface area contributed by atoms with Gasteiger partial charge in [0.2, 0.25) is 0 Å². The highest BCUT2D eigenvalue weighted by Gasteiger charge is 3.00. The zero-order valence-electron chi connectivity index (χ0n) is 30.6. The van der Waals surface area contributed by atoms with Gasteiger partial charge in [0.15, 0.2) is 16.6 Å². The maximum absolute atomic E-state index is 8.32. The second-order valence-electron chi connectivity index (χ2n) is 19.0. The van der Waals surface area contributed by atoms with E-state index in [9.17, 15) is 0 Å². The summed E-state index contributed by atoms with van der Waals surface area (Å²) in [5, 5.41) is -0.760. The van der Waals surface area contributed by atoms with Crippen LogP contribution in [0.2, 0.25) is 118 Å². The van der Waals surface area contributed by atoms with Gasteiger partial charge in [0, 0.05) is 30.4 Å². The molecule has 2 nitrogen and oxygen atoms in total. The molecular formula is C32H64O2Si8. The summed E-state index contributed by atoms with van der Waals surface area (Å²) >= 11 is 0. The molecule has 42 heavy (non-hydrogen) atoms. The standard InChI is InChI=1S/C32H64O2Si8/c1-35(2,3)33-31(29-25-21-19-22-26-29)32(34-36(4,5)6,30-27-23-20-24-28-30)42(39(13,14)15,40(16,17)18)41(31,37(7,8)9)38(10,11)12/h19-28H,1-18H3. The summed E-state index contributed by atoms with van der Waals surface area (Å²) in [5.41, 5.74) is 2.90. The fourth-order valence-electron chi connectivity index (χ4n) is 11.1. The molecule has 236 valence electrons. The molecule has 1 heterocycles. The molecule has 2 atom stereocenters. The quantitative estimate of drug-likeness (QED) is 0.229.